The van der Waals surface area contributed by atoms with Crippen molar-refractivity contribution in [1.82, 2.24) is 9.97 Å². The van der Waals surface area contributed by atoms with E-state index in [4.69, 9.17) is 15.5 Å². The number of aromatic nitrogens is 2. The Morgan fingerprint density at radius 3 is 2.68 bits per heavy atom. The zero-order valence-corrected chi connectivity index (χ0v) is 13.1. The van der Waals surface area contributed by atoms with E-state index in [2.05, 4.69) is 41.1 Å². The Bertz CT molecular complexity index is 642. The van der Waals surface area contributed by atoms with E-state index in [1.807, 2.05) is 6.07 Å². The number of hydrogen-bond acceptors (Lipinski definition) is 5. The molecule has 0 aliphatic carbocycles. The van der Waals surface area contributed by atoms with Crippen molar-refractivity contribution in [2.24, 2.45) is 5.73 Å². The summed E-state index contributed by atoms with van der Waals surface area (Å²) in [4.78, 5) is 11.6. The number of nitrogens with zero attached hydrogens (tertiary/aromatic N) is 3. The summed E-state index contributed by atoms with van der Waals surface area (Å²) in [6.45, 7) is 4.34. The van der Waals surface area contributed by atoms with Crippen LogP contribution < -0.4 is 10.6 Å². The standard InChI is InChI=1S/C17H22N4O/c1-12-3-5-13(6-4-12)17-19-15(11-22-2)9-16(20-17)21-8-7-14(18)10-21/h3-6,9,14H,7-8,10-11,18H2,1-2H3. The van der Waals surface area contributed by atoms with Crippen molar-refractivity contribution in [3.8, 4) is 11.4 Å². The Balaban J connectivity index is 1.98. The third-order valence-electron chi connectivity index (χ3n) is 3.92. The molecule has 1 saturated heterocycles. The molecule has 0 bridgehead atoms. The molecule has 1 aliphatic heterocycles. The number of hydrogen-bond donors (Lipinski definition) is 1. The second kappa shape index (κ2) is 6.42. The fourth-order valence-electron chi connectivity index (χ4n) is 2.69. The second-order valence-corrected chi connectivity index (χ2v) is 5.83. The third-order valence-corrected chi connectivity index (χ3v) is 3.92. The van der Waals surface area contributed by atoms with Gasteiger partial charge in [0.05, 0.1) is 12.3 Å². The van der Waals surface area contributed by atoms with Gasteiger partial charge in [0.25, 0.3) is 0 Å². The predicted molar refractivity (Wildman–Crippen MR) is 87.7 cm³/mol. The van der Waals surface area contributed by atoms with Gasteiger partial charge in [0.15, 0.2) is 5.82 Å². The molecule has 0 saturated carbocycles. The Hall–Kier alpha value is -1.98. The van der Waals surface area contributed by atoms with Gasteiger partial charge in [-0.2, -0.15) is 0 Å². The average molecular weight is 298 g/mol. The molecule has 1 unspecified atom stereocenters. The fraction of sp³-hybridized carbons (Fsp3) is 0.412. The first-order valence-corrected chi connectivity index (χ1v) is 7.60. The quantitative estimate of drug-likeness (QED) is 0.937. The second-order valence-electron chi connectivity index (χ2n) is 5.83. The minimum Gasteiger partial charge on any atom is -0.378 e. The predicted octanol–water partition coefficient (Wildman–Crippen LogP) is 2.14. The molecule has 22 heavy (non-hydrogen) atoms. The number of ether oxygens (including phenoxy) is 1. The van der Waals surface area contributed by atoms with Gasteiger partial charge in [0, 0.05) is 37.9 Å². The van der Waals surface area contributed by atoms with Crippen LogP contribution in [0.25, 0.3) is 11.4 Å². The first-order chi connectivity index (χ1) is 10.7. The molecule has 5 nitrogen and oxygen atoms in total. The summed E-state index contributed by atoms with van der Waals surface area (Å²) in [6.07, 6.45) is 1.00. The SMILES string of the molecule is COCc1cc(N2CCC(N)C2)nc(-c2ccc(C)cc2)n1. The lowest BCUT2D eigenvalue weighted by Crippen LogP contribution is -2.27. The van der Waals surface area contributed by atoms with Crippen LogP contribution in [0.15, 0.2) is 30.3 Å². The monoisotopic (exact) mass is 298 g/mol. The average Bonchev–Trinajstić information content (AvgIpc) is 2.95. The van der Waals surface area contributed by atoms with Crippen LogP contribution >= 0.6 is 0 Å². The van der Waals surface area contributed by atoms with Gasteiger partial charge in [-0.1, -0.05) is 29.8 Å². The van der Waals surface area contributed by atoms with Crippen LogP contribution in [0.3, 0.4) is 0 Å². The Kier molecular flexibility index (Phi) is 4.36. The molecule has 3 rings (SSSR count). The van der Waals surface area contributed by atoms with Gasteiger partial charge >= 0.3 is 0 Å². The summed E-state index contributed by atoms with van der Waals surface area (Å²) in [5, 5.41) is 0. The summed E-state index contributed by atoms with van der Waals surface area (Å²) in [7, 11) is 1.68. The van der Waals surface area contributed by atoms with Crippen molar-refractivity contribution < 1.29 is 4.74 Å². The summed E-state index contributed by atoms with van der Waals surface area (Å²) >= 11 is 0. The zero-order valence-electron chi connectivity index (χ0n) is 13.1. The molecule has 2 heterocycles. The molecule has 1 atom stereocenters. The van der Waals surface area contributed by atoms with Crippen LogP contribution in [0.1, 0.15) is 17.7 Å². The molecule has 1 aromatic heterocycles. The Morgan fingerprint density at radius 2 is 2.05 bits per heavy atom. The molecule has 1 aliphatic rings. The smallest absolute Gasteiger partial charge is 0.161 e. The van der Waals surface area contributed by atoms with E-state index in [1.165, 1.54) is 5.56 Å². The first kappa shape index (κ1) is 14.9. The summed E-state index contributed by atoms with van der Waals surface area (Å²) < 4.78 is 5.24. The molecule has 0 amide bonds. The normalized spacial score (nSPS) is 18.0. The summed E-state index contributed by atoms with van der Waals surface area (Å²) in [6, 6.07) is 10.5. The summed E-state index contributed by atoms with van der Waals surface area (Å²) in [5.74, 6) is 1.68. The number of nitrogens with two attached hydrogens (primary N) is 1. The van der Waals surface area contributed by atoms with Crippen molar-refractivity contribution in [2.45, 2.75) is 26.0 Å². The van der Waals surface area contributed by atoms with Gasteiger partial charge < -0.3 is 15.4 Å². The van der Waals surface area contributed by atoms with Gasteiger partial charge in [-0.25, -0.2) is 9.97 Å². The number of methoxy groups -OCH3 is 1. The van der Waals surface area contributed by atoms with Gasteiger partial charge in [0.1, 0.15) is 5.82 Å². The van der Waals surface area contributed by atoms with Crippen LogP contribution in [-0.4, -0.2) is 36.2 Å². The van der Waals surface area contributed by atoms with E-state index in [-0.39, 0.29) is 6.04 Å². The van der Waals surface area contributed by atoms with Gasteiger partial charge in [-0.3, -0.25) is 0 Å². The van der Waals surface area contributed by atoms with E-state index < -0.39 is 0 Å². The number of benzene rings is 1. The maximum atomic E-state index is 6.02. The van der Waals surface area contributed by atoms with E-state index in [0.29, 0.717) is 6.61 Å². The molecule has 2 aromatic rings. The molecule has 116 valence electrons. The Labute approximate surface area is 131 Å². The molecular weight excluding hydrogens is 276 g/mol. The van der Waals surface area contributed by atoms with Gasteiger partial charge in [-0.15, -0.1) is 0 Å². The van der Waals surface area contributed by atoms with E-state index in [9.17, 15) is 0 Å². The van der Waals surface area contributed by atoms with Crippen LogP contribution in [0.5, 0.6) is 0 Å². The van der Waals surface area contributed by atoms with E-state index >= 15 is 0 Å². The lowest BCUT2D eigenvalue weighted by atomic mass is 10.1. The molecule has 1 fully saturated rings. The molecule has 0 radical (unpaired) electrons. The highest BCUT2D eigenvalue weighted by molar-refractivity contribution is 5.58. The molecule has 1 aromatic carbocycles. The minimum atomic E-state index is 0.226. The minimum absolute atomic E-state index is 0.226. The largest absolute Gasteiger partial charge is 0.378 e. The number of aryl methyl sites for hydroxylation is 1. The lowest BCUT2D eigenvalue weighted by molar-refractivity contribution is 0.181. The van der Waals surface area contributed by atoms with Gasteiger partial charge in [-0.05, 0) is 13.3 Å². The molecule has 0 spiro atoms. The lowest BCUT2D eigenvalue weighted by Gasteiger charge is -2.18. The molecule has 2 N–H and O–H groups in total. The van der Waals surface area contributed by atoms with Crippen LogP contribution in [0.4, 0.5) is 5.82 Å². The van der Waals surface area contributed by atoms with Crippen molar-refractivity contribution >= 4 is 5.82 Å². The highest BCUT2D eigenvalue weighted by atomic mass is 16.5. The van der Waals surface area contributed by atoms with E-state index in [1.54, 1.807) is 7.11 Å². The van der Waals surface area contributed by atoms with Crippen LogP contribution in [0, 0.1) is 6.92 Å². The zero-order chi connectivity index (χ0) is 15.5. The fourth-order valence-corrected chi connectivity index (χ4v) is 2.69. The molecular formula is C17H22N4O. The summed E-state index contributed by atoms with van der Waals surface area (Å²) in [5.41, 5.74) is 9.15. The van der Waals surface area contributed by atoms with Crippen LogP contribution in [0.2, 0.25) is 0 Å². The van der Waals surface area contributed by atoms with E-state index in [0.717, 1.165) is 42.4 Å². The van der Waals surface area contributed by atoms with Crippen molar-refractivity contribution in [1.29, 1.82) is 0 Å². The third kappa shape index (κ3) is 3.26. The highest BCUT2D eigenvalue weighted by Gasteiger charge is 2.21. The topological polar surface area (TPSA) is 64.3 Å². The maximum Gasteiger partial charge on any atom is 0.161 e. The van der Waals surface area contributed by atoms with Crippen molar-refractivity contribution in [3.63, 3.8) is 0 Å². The van der Waals surface area contributed by atoms with Crippen molar-refractivity contribution in [3.05, 3.63) is 41.6 Å². The first-order valence-electron chi connectivity index (χ1n) is 7.60. The van der Waals surface area contributed by atoms with Crippen LogP contribution in [-0.2, 0) is 11.3 Å². The number of rotatable bonds is 4. The van der Waals surface area contributed by atoms with Gasteiger partial charge in [0.2, 0.25) is 0 Å². The maximum absolute atomic E-state index is 6.02. The molecule has 5 heteroatoms. The number of anilines is 1. The highest BCUT2D eigenvalue weighted by Crippen LogP contribution is 2.23. The van der Waals surface area contributed by atoms with Crippen molar-refractivity contribution in [2.75, 3.05) is 25.1 Å². The Morgan fingerprint density at radius 1 is 1.27 bits per heavy atom.